The fraction of sp³-hybridized carbons (Fsp3) is 0.364. The lowest BCUT2D eigenvalue weighted by Gasteiger charge is -2.09. The highest BCUT2D eigenvalue weighted by atomic mass is 16.4. The van der Waals surface area contributed by atoms with Crippen molar-refractivity contribution in [3.8, 4) is 0 Å². The van der Waals surface area contributed by atoms with Crippen molar-refractivity contribution in [1.82, 2.24) is 0 Å². The third kappa shape index (κ3) is 2.57. The molecule has 0 saturated heterocycles. The Morgan fingerprint density at radius 1 is 1.43 bits per heavy atom. The Kier molecular flexibility index (Phi) is 3.65. The molecule has 1 aromatic carbocycles. The second-order valence-electron chi connectivity index (χ2n) is 3.41. The van der Waals surface area contributed by atoms with Gasteiger partial charge < -0.3 is 10.8 Å². The Morgan fingerprint density at radius 3 is 2.43 bits per heavy atom. The van der Waals surface area contributed by atoms with E-state index in [1.807, 2.05) is 12.1 Å². The number of rotatable bonds is 4. The fourth-order valence-electron chi connectivity index (χ4n) is 1.37. The summed E-state index contributed by atoms with van der Waals surface area (Å²) < 4.78 is 0. The number of carboxylic acids is 1. The summed E-state index contributed by atoms with van der Waals surface area (Å²) in [4.78, 5) is 10.6. The summed E-state index contributed by atoms with van der Waals surface area (Å²) in [6.45, 7) is 2.74. The van der Waals surface area contributed by atoms with E-state index in [2.05, 4.69) is 6.92 Å². The average Bonchev–Trinajstić information content (AvgIpc) is 2.18. The maximum atomic E-state index is 10.6. The van der Waals surface area contributed by atoms with E-state index in [-0.39, 0.29) is 0 Å². The first kappa shape index (κ1) is 10.7. The Morgan fingerprint density at radius 2 is 2.00 bits per heavy atom. The molecule has 76 valence electrons. The van der Waals surface area contributed by atoms with Crippen molar-refractivity contribution in [2.45, 2.75) is 19.3 Å². The predicted octanol–water partition coefficient (Wildman–Crippen LogP) is 1.84. The third-order valence-corrected chi connectivity index (χ3v) is 2.33. The first-order chi connectivity index (χ1) is 6.65. The van der Waals surface area contributed by atoms with Crippen LogP contribution in [0.4, 0.5) is 0 Å². The number of benzene rings is 1. The number of carboxylic acid groups (broad SMARTS) is 1. The van der Waals surface area contributed by atoms with E-state index in [0.29, 0.717) is 18.0 Å². The van der Waals surface area contributed by atoms with E-state index < -0.39 is 5.97 Å². The predicted molar refractivity (Wildman–Crippen MR) is 55.5 cm³/mol. The Labute approximate surface area is 83.6 Å². The molecule has 14 heavy (non-hydrogen) atoms. The van der Waals surface area contributed by atoms with Crippen LogP contribution in [0.25, 0.3) is 0 Å². The van der Waals surface area contributed by atoms with Gasteiger partial charge in [-0.3, -0.25) is 0 Å². The number of hydrogen-bond donors (Lipinski definition) is 2. The lowest BCUT2D eigenvalue weighted by atomic mass is 9.97. The summed E-state index contributed by atoms with van der Waals surface area (Å²) >= 11 is 0. The molecular formula is C11H15NO2. The molecule has 0 aliphatic carbocycles. The largest absolute Gasteiger partial charge is 0.478 e. The lowest BCUT2D eigenvalue weighted by molar-refractivity contribution is 0.0697. The van der Waals surface area contributed by atoms with Crippen molar-refractivity contribution < 1.29 is 9.90 Å². The summed E-state index contributed by atoms with van der Waals surface area (Å²) in [6.07, 6.45) is 0.923. The van der Waals surface area contributed by atoms with Gasteiger partial charge in [0.2, 0.25) is 0 Å². The van der Waals surface area contributed by atoms with Crippen molar-refractivity contribution in [3.05, 3.63) is 35.4 Å². The molecule has 3 N–H and O–H groups in total. The zero-order valence-electron chi connectivity index (χ0n) is 8.23. The number of aromatic carboxylic acids is 1. The molecule has 1 atom stereocenters. The smallest absolute Gasteiger partial charge is 0.335 e. The Hall–Kier alpha value is -1.35. The summed E-state index contributed by atoms with van der Waals surface area (Å²) in [7, 11) is 0. The van der Waals surface area contributed by atoms with Gasteiger partial charge >= 0.3 is 5.97 Å². The molecule has 0 spiro atoms. The van der Waals surface area contributed by atoms with Crippen LogP contribution in [0, 0.1) is 0 Å². The molecule has 0 aliphatic heterocycles. The normalized spacial score (nSPS) is 12.4. The maximum absolute atomic E-state index is 10.6. The molecule has 0 saturated carbocycles. The van der Waals surface area contributed by atoms with E-state index >= 15 is 0 Å². The van der Waals surface area contributed by atoms with Gasteiger partial charge in [0.1, 0.15) is 0 Å². The van der Waals surface area contributed by atoms with Gasteiger partial charge in [-0.05, 0) is 36.6 Å². The minimum Gasteiger partial charge on any atom is -0.478 e. The SMILES string of the molecule is CC(CCN)c1ccc(C(=O)O)cc1. The number of carbonyl (C=O) groups is 1. The molecule has 0 amide bonds. The molecule has 0 fully saturated rings. The number of nitrogens with two attached hydrogens (primary N) is 1. The average molecular weight is 193 g/mol. The molecule has 3 nitrogen and oxygen atoms in total. The van der Waals surface area contributed by atoms with Crippen LogP contribution in [0.3, 0.4) is 0 Å². The summed E-state index contributed by atoms with van der Waals surface area (Å²) in [5.41, 5.74) is 6.92. The summed E-state index contributed by atoms with van der Waals surface area (Å²) in [5, 5.41) is 8.70. The van der Waals surface area contributed by atoms with Crippen LogP contribution in [-0.2, 0) is 0 Å². The van der Waals surface area contributed by atoms with Gasteiger partial charge in [0.15, 0.2) is 0 Å². The van der Waals surface area contributed by atoms with Crippen LogP contribution in [0.2, 0.25) is 0 Å². The van der Waals surface area contributed by atoms with Crippen LogP contribution >= 0.6 is 0 Å². The van der Waals surface area contributed by atoms with Crippen LogP contribution in [0.5, 0.6) is 0 Å². The molecular weight excluding hydrogens is 178 g/mol. The monoisotopic (exact) mass is 193 g/mol. The van der Waals surface area contributed by atoms with Crippen LogP contribution in [-0.4, -0.2) is 17.6 Å². The van der Waals surface area contributed by atoms with Crippen molar-refractivity contribution in [3.63, 3.8) is 0 Å². The minimum atomic E-state index is -0.886. The van der Waals surface area contributed by atoms with Crippen LogP contribution < -0.4 is 5.73 Å². The molecule has 1 aromatic rings. The molecule has 0 heterocycles. The van der Waals surface area contributed by atoms with Gasteiger partial charge in [-0.2, -0.15) is 0 Å². The Balaban J connectivity index is 2.77. The maximum Gasteiger partial charge on any atom is 0.335 e. The van der Waals surface area contributed by atoms with E-state index in [4.69, 9.17) is 10.8 Å². The van der Waals surface area contributed by atoms with Gasteiger partial charge in [0.05, 0.1) is 5.56 Å². The summed E-state index contributed by atoms with van der Waals surface area (Å²) in [5.74, 6) is -0.495. The topological polar surface area (TPSA) is 63.3 Å². The van der Waals surface area contributed by atoms with Crippen molar-refractivity contribution >= 4 is 5.97 Å². The van der Waals surface area contributed by atoms with Crippen molar-refractivity contribution in [2.24, 2.45) is 5.73 Å². The molecule has 0 aromatic heterocycles. The van der Waals surface area contributed by atoms with Crippen molar-refractivity contribution in [1.29, 1.82) is 0 Å². The first-order valence-electron chi connectivity index (χ1n) is 4.68. The van der Waals surface area contributed by atoms with E-state index in [1.54, 1.807) is 12.1 Å². The van der Waals surface area contributed by atoms with Crippen molar-refractivity contribution in [2.75, 3.05) is 6.54 Å². The highest BCUT2D eigenvalue weighted by Gasteiger charge is 2.06. The standard InChI is InChI=1S/C11H15NO2/c1-8(6-7-12)9-2-4-10(5-3-9)11(13)14/h2-5,8H,6-7,12H2,1H3,(H,13,14). The highest BCUT2D eigenvalue weighted by molar-refractivity contribution is 5.87. The van der Waals surface area contributed by atoms with Crippen LogP contribution in [0.1, 0.15) is 35.2 Å². The van der Waals surface area contributed by atoms with E-state index in [9.17, 15) is 4.79 Å². The Bertz CT molecular complexity index is 306. The second-order valence-corrected chi connectivity index (χ2v) is 3.41. The molecule has 0 aliphatic rings. The highest BCUT2D eigenvalue weighted by Crippen LogP contribution is 2.18. The molecule has 0 radical (unpaired) electrons. The zero-order valence-corrected chi connectivity index (χ0v) is 8.23. The van der Waals surface area contributed by atoms with E-state index in [1.165, 1.54) is 0 Å². The molecule has 0 bridgehead atoms. The lowest BCUT2D eigenvalue weighted by Crippen LogP contribution is -2.05. The van der Waals surface area contributed by atoms with Gasteiger partial charge in [0, 0.05) is 0 Å². The zero-order chi connectivity index (χ0) is 10.6. The fourth-order valence-corrected chi connectivity index (χ4v) is 1.37. The summed E-state index contributed by atoms with van der Waals surface area (Å²) in [6, 6.07) is 6.96. The molecule has 1 rings (SSSR count). The van der Waals surface area contributed by atoms with Gasteiger partial charge in [-0.15, -0.1) is 0 Å². The van der Waals surface area contributed by atoms with Gasteiger partial charge in [0.25, 0.3) is 0 Å². The minimum absolute atomic E-state index is 0.327. The van der Waals surface area contributed by atoms with Gasteiger partial charge in [-0.1, -0.05) is 19.1 Å². The van der Waals surface area contributed by atoms with Crippen LogP contribution in [0.15, 0.2) is 24.3 Å². The third-order valence-electron chi connectivity index (χ3n) is 2.33. The molecule has 1 unspecified atom stereocenters. The quantitative estimate of drug-likeness (QED) is 0.766. The van der Waals surface area contributed by atoms with Gasteiger partial charge in [-0.25, -0.2) is 4.79 Å². The molecule has 3 heteroatoms. The first-order valence-corrected chi connectivity index (χ1v) is 4.68. The second kappa shape index (κ2) is 4.77. The van der Waals surface area contributed by atoms with E-state index in [0.717, 1.165) is 12.0 Å². The number of hydrogen-bond acceptors (Lipinski definition) is 2.